The van der Waals surface area contributed by atoms with Crippen molar-refractivity contribution < 1.29 is 0 Å². The predicted octanol–water partition coefficient (Wildman–Crippen LogP) is 2.88. The molecule has 0 amide bonds. The van der Waals surface area contributed by atoms with Gasteiger partial charge in [-0.25, -0.2) is 0 Å². The van der Waals surface area contributed by atoms with Gasteiger partial charge in [0.1, 0.15) is 0 Å². The summed E-state index contributed by atoms with van der Waals surface area (Å²) in [5, 5.41) is 3.86. The summed E-state index contributed by atoms with van der Waals surface area (Å²) in [7, 11) is 0. The van der Waals surface area contributed by atoms with Gasteiger partial charge in [0.25, 0.3) is 0 Å². The Morgan fingerprint density at radius 2 is 1.72 bits per heavy atom. The maximum atomic E-state index is 3.86. The van der Waals surface area contributed by atoms with E-state index < -0.39 is 0 Å². The lowest BCUT2D eigenvalue weighted by atomic mass is 10.0. The fourth-order valence-corrected chi connectivity index (χ4v) is 4.25. The van der Waals surface area contributed by atoms with Gasteiger partial charge in [0.05, 0.1) is 0 Å². The molecular weight excluding hydrogens is 220 g/mol. The van der Waals surface area contributed by atoms with Gasteiger partial charge in [-0.05, 0) is 49.5 Å². The Balaban J connectivity index is 1.48. The van der Waals surface area contributed by atoms with Crippen molar-refractivity contribution in [1.29, 1.82) is 0 Å². The topological polar surface area (TPSA) is 15.3 Å². The van der Waals surface area contributed by atoms with E-state index >= 15 is 0 Å². The van der Waals surface area contributed by atoms with Crippen molar-refractivity contribution in [1.82, 2.24) is 10.2 Å². The van der Waals surface area contributed by atoms with E-state index in [9.17, 15) is 0 Å². The Morgan fingerprint density at radius 3 is 2.22 bits per heavy atom. The first-order valence-electron chi connectivity index (χ1n) is 7.83. The van der Waals surface area contributed by atoms with Crippen LogP contribution in [0.1, 0.15) is 53.9 Å². The summed E-state index contributed by atoms with van der Waals surface area (Å²) >= 11 is 0. The summed E-state index contributed by atoms with van der Waals surface area (Å²) in [5.41, 5.74) is 1.06. The van der Waals surface area contributed by atoms with Crippen LogP contribution in [0.3, 0.4) is 0 Å². The Bertz CT molecular complexity index is 316. The third kappa shape index (κ3) is 1.92. The molecule has 0 aromatic heterocycles. The summed E-state index contributed by atoms with van der Waals surface area (Å²) in [4.78, 5) is 2.74. The van der Waals surface area contributed by atoms with Gasteiger partial charge >= 0.3 is 0 Å². The zero-order valence-electron chi connectivity index (χ0n) is 12.8. The lowest BCUT2D eigenvalue weighted by Crippen LogP contribution is -2.35. The molecule has 2 nitrogen and oxygen atoms in total. The summed E-state index contributed by atoms with van der Waals surface area (Å²) in [5.74, 6) is 0.857. The van der Waals surface area contributed by atoms with Crippen LogP contribution in [-0.4, -0.2) is 36.1 Å². The Kier molecular flexibility index (Phi) is 2.84. The van der Waals surface area contributed by atoms with E-state index in [-0.39, 0.29) is 0 Å². The fraction of sp³-hybridized carbons (Fsp3) is 1.00. The number of hydrogen-bond acceptors (Lipinski definition) is 2. The van der Waals surface area contributed by atoms with Crippen molar-refractivity contribution in [3.63, 3.8) is 0 Å². The smallest absolute Gasteiger partial charge is 0.0210 e. The van der Waals surface area contributed by atoms with Crippen molar-refractivity contribution in [3.05, 3.63) is 0 Å². The SMILES string of the molecule is CC1CC(NCC2C(C)(C)C2(C)C)CN1C1CC1. The lowest BCUT2D eigenvalue weighted by Gasteiger charge is -2.19. The molecule has 2 saturated carbocycles. The molecule has 3 fully saturated rings. The van der Waals surface area contributed by atoms with Crippen LogP contribution in [0.5, 0.6) is 0 Å². The zero-order valence-corrected chi connectivity index (χ0v) is 12.8. The van der Waals surface area contributed by atoms with E-state index in [0.29, 0.717) is 10.8 Å². The molecule has 0 bridgehead atoms. The molecule has 1 N–H and O–H groups in total. The van der Waals surface area contributed by atoms with Crippen LogP contribution in [-0.2, 0) is 0 Å². The quantitative estimate of drug-likeness (QED) is 0.825. The first-order valence-corrected chi connectivity index (χ1v) is 7.83. The molecule has 104 valence electrons. The molecule has 18 heavy (non-hydrogen) atoms. The minimum absolute atomic E-state index is 0.528. The van der Waals surface area contributed by atoms with E-state index in [1.807, 2.05) is 0 Å². The molecule has 0 aromatic rings. The molecule has 1 aliphatic heterocycles. The van der Waals surface area contributed by atoms with Gasteiger partial charge in [0.2, 0.25) is 0 Å². The van der Waals surface area contributed by atoms with Gasteiger partial charge in [0, 0.05) is 24.7 Å². The van der Waals surface area contributed by atoms with Gasteiger partial charge in [-0.3, -0.25) is 4.90 Å². The van der Waals surface area contributed by atoms with E-state index in [2.05, 4.69) is 44.8 Å². The van der Waals surface area contributed by atoms with E-state index in [1.54, 1.807) is 0 Å². The van der Waals surface area contributed by atoms with Crippen molar-refractivity contribution in [2.24, 2.45) is 16.7 Å². The molecule has 1 saturated heterocycles. The lowest BCUT2D eigenvalue weighted by molar-refractivity contribution is 0.255. The van der Waals surface area contributed by atoms with Crippen LogP contribution in [0.25, 0.3) is 0 Å². The van der Waals surface area contributed by atoms with Gasteiger partial charge < -0.3 is 5.32 Å². The highest BCUT2D eigenvalue weighted by Crippen LogP contribution is 2.67. The maximum Gasteiger partial charge on any atom is 0.0210 e. The maximum absolute atomic E-state index is 3.86. The predicted molar refractivity (Wildman–Crippen MR) is 76.6 cm³/mol. The van der Waals surface area contributed by atoms with Crippen LogP contribution in [0, 0.1) is 16.7 Å². The molecule has 2 unspecified atom stereocenters. The molecule has 0 radical (unpaired) electrons. The highest BCUT2D eigenvalue weighted by Gasteiger charge is 2.64. The first kappa shape index (κ1) is 12.9. The van der Waals surface area contributed by atoms with Crippen molar-refractivity contribution in [2.45, 2.75) is 72.0 Å². The van der Waals surface area contributed by atoms with Gasteiger partial charge in [-0.2, -0.15) is 0 Å². The monoisotopic (exact) mass is 250 g/mol. The van der Waals surface area contributed by atoms with Gasteiger partial charge in [-0.1, -0.05) is 27.7 Å². The van der Waals surface area contributed by atoms with Crippen molar-refractivity contribution in [3.8, 4) is 0 Å². The second-order valence-corrected chi connectivity index (χ2v) is 8.11. The third-order valence-corrected chi connectivity index (χ3v) is 6.57. The number of rotatable bonds is 4. The van der Waals surface area contributed by atoms with Crippen molar-refractivity contribution >= 4 is 0 Å². The third-order valence-electron chi connectivity index (χ3n) is 6.57. The summed E-state index contributed by atoms with van der Waals surface area (Å²) in [6, 6.07) is 2.48. The van der Waals surface area contributed by atoms with Gasteiger partial charge in [-0.15, -0.1) is 0 Å². The van der Waals surface area contributed by atoms with E-state index in [1.165, 1.54) is 32.4 Å². The molecule has 0 aromatic carbocycles. The highest BCUT2D eigenvalue weighted by atomic mass is 15.3. The molecule has 0 spiro atoms. The summed E-state index contributed by atoms with van der Waals surface area (Å²) in [6.45, 7) is 14.6. The minimum atomic E-state index is 0.528. The Hall–Kier alpha value is -0.0800. The number of likely N-dealkylation sites (tertiary alicyclic amines) is 1. The van der Waals surface area contributed by atoms with Crippen LogP contribution in [0.15, 0.2) is 0 Å². The first-order chi connectivity index (χ1) is 8.34. The number of nitrogens with one attached hydrogen (secondary N) is 1. The zero-order chi connectivity index (χ0) is 13.1. The molecule has 2 atom stereocenters. The van der Waals surface area contributed by atoms with Crippen LogP contribution >= 0.6 is 0 Å². The van der Waals surface area contributed by atoms with Gasteiger partial charge in [0.15, 0.2) is 0 Å². The van der Waals surface area contributed by atoms with Crippen molar-refractivity contribution in [2.75, 3.05) is 13.1 Å². The minimum Gasteiger partial charge on any atom is -0.312 e. The van der Waals surface area contributed by atoms with Crippen LogP contribution in [0.2, 0.25) is 0 Å². The standard InChI is InChI=1S/C16H30N2/c1-11-8-12(10-18(11)13-6-7-13)17-9-14-15(2,3)16(14,4)5/h11-14,17H,6-10H2,1-5H3. The normalized spacial score (nSPS) is 39.2. The Morgan fingerprint density at radius 1 is 1.11 bits per heavy atom. The van der Waals surface area contributed by atoms with E-state index in [0.717, 1.165) is 24.0 Å². The Labute approximate surface area is 113 Å². The molecular formula is C16H30N2. The fourth-order valence-electron chi connectivity index (χ4n) is 4.25. The molecule has 1 heterocycles. The molecule has 2 aliphatic carbocycles. The largest absolute Gasteiger partial charge is 0.312 e. The highest BCUT2D eigenvalue weighted by molar-refractivity contribution is 5.13. The van der Waals surface area contributed by atoms with Crippen LogP contribution in [0.4, 0.5) is 0 Å². The summed E-state index contributed by atoms with van der Waals surface area (Å²) in [6.07, 6.45) is 4.24. The van der Waals surface area contributed by atoms with Crippen LogP contribution < -0.4 is 5.32 Å². The molecule has 2 heteroatoms. The number of nitrogens with zero attached hydrogens (tertiary/aromatic N) is 1. The van der Waals surface area contributed by atoms with E-state index in [4.69, 9.17) is 0 Å². The second-order valence-electron chi connectivity index (χ2n) is 8.11. The average molecular weight is 250 g/mol. The average Bonchev–Trinajstić information content (AvgIpc) is 3.11. The summed E-state index contributed by atoms with van der Waals surface area (Å²) < 4.78 is 0. The number of hydrogen-bond donors (Lipinski definition) is 1. The second kappa shape index (κ2) is 3.96. The molecule has 3 rings (SSSR count). The molecule has 3 aliphatic rings.